The molecule has 0 radical (unpaired) electrons. The summed E-state index contributed by atoms with van der Waals surface area (Å²) in [6, 6.07) is 0. The van der Waals surface area contributed by atoms with Crippen LogP contribution in [0, 0.1) is 0 Å². The van der Waals surface area contributed by atoms with Crippen LogP contribution in [0.2, 0.25) is 0 Å². The third kappa shape index (κ3) is 10.8. The third-order valence-electron chi connectivity index (χ3n) is 5.05. The second-order valence-electron chi connectivity index (χ2n) is 7.36. The molecule has 0 aromatic heterocycles. The van der Waals surface area contributed by atoms with E-state index < -0.39 is 5.60 Å². The second kappa shape index (κ2) is 12.8. The topological polar surface area (TPSA) is 46.5 Å². The molecule has 0 aromatic rings. The molecule has 3 heteroatoms. The summed E-state index contributed by atoms with van der Waals surface area (Å²) >= 11 is 0. The van der Waals surface area contributed by atoms with Gasteiger partial charge in [-0.1, -0.05) is 90.4 Å². The number of cyclic esters (lactones) is 1. The highest BCUT2D eigenvalue weighted by atomic mass is 16.5. The van der Waals surface area contributed by atoms with Gasteiger partial charge in [0.05, 0.1) is 18.6 Å². The minimum absolute atomic E-state index is 0.186. The van der Waals surface area contributed by atoms with Gasteiger partial charge in [-0.15, -0.1) is 0 Å². The maximum Gasteiger partial charge on any atom is 0.308 e. The zero-order valence-corrected chi connectivity index (χ0v) is 15.3. The molecule has 0 aliphatic carbocycles. The van der Waals surface area contributed by atoms with E-state index in [-0.39, 0.29) is 12.4 Å². The summed E-state index contributed by atoms with van der Waals surface area (Å²) in [5.41, 5.74) is -0.785. The van der Waals surface area contributed by atoms with E-state index in [0.29, 0.717) is 13.0 Å². The summed E-state index contributed by atoms with van der Waals surface area (Å²) in [7, 11) is 0. The molecular formula is C20H38O3. The van der Waals surface area contributed by atoms with E-state index in [1.54, 1.807) is 0 Å². The van der Waals surface area contributed by atoms with Crippen LogP contribution >= 0.6 is 0 Å². The Hall–Kier alpha value is -0.570. The number of ether oxygens (including phenoxy) is 1. The number of carbonyl (C=O) groups excluding carboxylic acids is 1. The van der Waals surface area contributed by atoms with Crippen LogP contribution < -0.4 is 0 Å². The average Bonchev–Trinajstić information content (AvgIpc) is 2.51. The van der Waals surface area contributed by atoms with Crippen LogP contribution in [0.4, 0.5) is 0 Å². The van der Waals surface area contributed by atoms with E-state index in [0.717, 1.165) is 12.8 Å². The highest BCUT2D eigenvalue weighted by Gasteiger charge is 2.33. The lowest BCUT2D eigenvalue weighted by molar-refractivity contribution is -0.160. The fourth-order valence-electron chi connectivity index (χ4n) is 3.45. The maximum absolute atomic E-state index is 11.2. The van der Waals surface area contributed by atoms with Crippen molar-refractivity contribution < 1.29 is 14.6 Å². The number of hydrogen-bond donors (Lipinski definition) is 1. The van der Waals surface area contributed by atoms with E-state index in [1.807, 2.05) is 0 Å². The molecule has 1 aliphatic rings. The molecular weight excluding hydrogens is 288 g/mol. The van der Waals surface area contributed by atoms with Gasteiger partial charge in [0.15, 0.2) is 0 Å². The molecule has 3 nitrogen and oxygen atoms in total. The van der Waals surface area contributed by atoms with Crippen molar-refractivity contribution in [3.8, 4) is 0 Å². The van der Waals surface area contributed by atoms with Crippen molar-refractivity contribution in [3.63, 3.8) is 0 Å². The summed E-state index contributed by atoms with van der Waals surface area (Å²) < 4.78 is 4.89. The molecule has 1 rings (SSSR count). The van der Waals surface area contributed by atoms with Crippen LogP contribution in [0.1, 0.15) is 110 Å². The minimum atomic E-state index is -0.785. The van der Waals surface area contributed by atoms with Gasteiger partial charge in [-0.25, -0.2) is 0 Å². The normalized spacial score (nSPS) is 21.4. The van der Waals surface area contributed by atoms with Gasteiger partial charge in [-0.05, 0) is 6.42 Å². The number of carbonyl (C=O) groups is 1. The third-order valence-corrected chi connectivity index (χ3v) is 5.05. The van der Waals surface area contributed by atoms with E-state index in [2.05, 4.69) is 6.92 Å². The van der Waals surface area contributed by atoms with Crippen molar-refractivity contribution >= 4 is 5.97 Å². The fraction of sp³-hybridized carbons (Fsp3) is 0.950. The Labute approximate surface area is 143 Å². The number of esters is 1. The minimum Gasteiger partial charge on any atom is -0.465 e. The first kappa shape index (κ1) is 20.5. The van der Waals surface area contributed by atoms with Crippen LogP contribution in [0.15, 0.2) is 0 Å². The Balaban J connectivity index is 1.82. The van der Waals surface area contributed by atoms with Gasteiger partial charge in [0, 0.05) is 6.42 Å². The van der Waals surface area contributed by atoms with Crippen molar-refractivity contribution in [1.29, 1.82) is 0 Å². The largest absolute Gasteiger partial charge is 0.465 e. The van der Waals surface area contributed by atoms with E-state index in [4.69, 9.17) is 4.74 Å². The van der Waals surface area contributed by atoms with Gasteiger partial charge in [0.25, 0.3) is 0 Å². The van der Waals surface area contributed by atoms with Crippen molar-refractivity contribution in [2.75, 3.05) is 6.61 Å². The molecule has 0 bridgehead atoms. The Bertz CT molecular complexity index is 303. The molecule has 1 atom stereocenters. The zero-order valence-electron chi connectivity index (χ0n) is 15.3. The molecule has 0 spiro atoms. The van der Waals surface area contributed by atoms with Crippen LogP contribution in [0.25, 0.3) is 0 Å². The highest BCUT2D eigenvalue weighted by Crippen LogP contribution is 2.27. The van der Waals surface area contributed by atoms with Crippen molar-refractivity contribution in [2.24, 2.45) is 0 Å². The highest BCUT2D eigenvalue weighted by molar-refractivity contribution is 5.71. The van der Waals surface area contributed by atoms with Crippen LogP contribution in [-0.4, -0.2) is 23.3 Å². The van der Waals surface area contributed by atoms with Gasteiger partial charge in [0.2, 0.25) is 0 Å². The van der Waals surface area contributed by atoms with Gasteiger partial charge in [-0.3, -0.25) is 4.79 Å². The average molecular weight is 327 g/mol. The first-order valence-electron chi connectivity index (χ1n) is 10.0. The SMILES string of the molecule is CCCCCCCCCCCCCCC[C@]1(O)CCOC(=O)C1. The fourth-order valence-corrected chi connectivity index (χ4v) is 3.45. The van der Waals surface area contributed by atoms with Gasteiger partial charge in [0.1, 0.15) is 0 Å². The summed E-state index contributed by atoms with van der Waals surface area (Å²) in [5, 5.41) is 10.3. The van der Waals surface area contributed by atoms with Crippen molar-refractivity contribution in [3.05, 3.63) is 0 Å². The summed E-state index contributed by atoms with van der Waals surface area (Å²) in [4.78, 5) is 11.2. The number of aliphatic hydroxyl groups is 1. The predicted molar refractivity (Wildman–Crippen MR) is 95.5 cm³/mol. The van der Waals surface area contributed by atoms with E-state index in [9.17, 15) is 9.90 Å². The van der Waals surface area contributed by atoms with Crippen LogP contribution in [0.5, 0.6) is 0 Å². The zero-order chi connectivity index (χ0) is 16.8. The maximum atomic E-state index is 11.2. The summed E-state index contributed by atoms with van der Waals surface area (Å²) in [6.07, 6.45) is 18.9. The van der Waals surface area contributed by atoms with Crippen molar-refractivity contribution in [1.82, 2.24) is 0 Å². The number of hydrogen-bond acceptors (Lipinski definition) is 3. The molecule has 23 heavy (non-hydrogen) atoms. The first-order chi connectivity index (χ1) is 11.2. The summed E-state index contributed by atoms with van der Waals surface area (Å²) in [5.74, 6) is -0.242. The molecule has 1 saturated heterocycles. The van der Waals surface area contributed by atoms with Crippen LogP contribution in [-0.2, 0) is 9.53 Å². The Morgan fingerprint density at radius 3 is 1.83 bits per heavy atom. The number of unbranched alkanes of at least 4 members (excludes halogenated alkanes) is 12. The molecule has 1 fully saturated rings. The molecule has 1 N–H and O–H groups in total. The Kier molecular flexibility index (Phi) is 11.4. The van der Waals surface area contributed by atoms with E-state index >= 15 is 0 Å². The molecule has 0 saturated carbocycles. The smallest absolute Gasteiger partial charge is 0.308 e. The molecule has 136 valence electrons. The molecule has 0 unspecified atom stereocenters. The summed E-state index contributed by atoms with van der Waals surface area (Å²) in [6.45, 7) is 2.65. The number of rotatable bonds is 14. The Morgan fingerprint density at radius 2 is 1.35 bits per heavy atom. The molecule has 0 amide bonds. The lowest BCUT2D eigenvalue weighted by Gasteiger charge is -2.30. The van der Waals surface area contributed by atoms with Gasteiger partial charge < -0.3 is 9.84 Å². The second-order valence-corrected chi connectivity index (χ2v) is 7.36. The molecule has 1 heterocycles. The molecule has 0 aromatic carbocycles. The monoisotopic (exact) mass is 326 g/mol. The van der Waals surface area contributed by atoms with Crippen LogP contribution in [0.3, 0.4) is 0 Å². The van der Waals surface area contributed by atoms with Gasteiger partial charge >= 0.3 is 5.97 Å². The van der Waals surface area contributed by atoms with Gasteiger partial charge in [-0.2, -0.15) is 0 Å². The predicted octanol–water partition coefficient (Wildman–Crippen LogP) is 5.54. The standard InChI is InChI=1S/C20H38O3/c1-2-3-4-5-6-7-8-9-10-11-12-13-14-15-20(22)16-17-23-19(21)18-20/h22H,2-18H2,1H3/t20-/m0/s1. The van der Waals surface area contributed by atoms with Crippen molar-refractivity contribution in [2.45, 2.75) is 115 Å². The first-order valence-corrected chi connectivity index (χ1v) is 10.0. The lowest BCUT2D eigenvalue weighted by Crippen LogP contribution is -2.38. The quantitative estimate of drug-likeness (QED) is 0.337. The Morgan fingerprint density at radius 1 is 0.870 bits per heavy atom. The lowest BCUT2D eigenvalue weighted by atomic mass is 9.88. The molecule has 1 aliphatic heterocycles. The van der Waals surface area contributed by atoms with E-state index in [1.165, 1.54) is 77.0 Å².